The van der Waals surface area contributed by atoms with Gasteiger partial charge < -0.3 is 4.74 Å². The third kappa shape index (κ3) is 9.93. The summed E-state index contributed by atoms with van der Waals surface area (Å²) in [6.07, 6.45) is 5.32. The zero-order valence-corrected chi connectivity index (χ0v) is 49.8. The Bertz CT molecular complexity index is 6080. The molecule has 0 atom stereocenters. The SMILES string of the molecule is [2H]c1c([2H])c([2H])c([Si](c2c([2H])c([2H])c([2H])c([2H])c2[2H])(c2c([2H])c([2H])c([2H])c([2H])c2[2H])c2c([2H])c([2H])c([2H])c(-c3cccc(-c4cccc(C(C)(C)C)c4)c3-[n+]3[c-]n(-c4cccc(Oc5ccc6c7ccccc7n(-c7cc(C(C)(C)C)ccn7)c6c5)c4)c4cc(-c5c(C([2H])([2H])[2H])cccc5C([2H])([2H])[2H])ccc43)c2[2H])c([2H])c1[2H]. The quantitative estimate of drug-likeness (QED) is 0.0529. The van der Waals surface area contributed by atoms with Crippen LogP contribution in [-0.2, 0) is 10.8 Å². The summed E-state index contributed by atoms with van der Waals surface area (Å²) in [4.78, 5) is 4.86. The highest BCUT2D eigenvalue weighted by Crippen LogP contribution is 2.40. The van der Waals surface area contributed by atoms with Crippen molar-refractivity contribution in [3.63, 3.8) is 0 Å². The molecule has 0 spiro atoms. The Hall–Kier alpha value is -10.1. The van der Waals surface area contributed by atoms with Crippen LogP contribution in [0.4, 0.5) is 0 Å². The lowest BCUT2D eigenvalue weighted by Gasteiger charge is -2.34. The molecule has 0 radical (unpaired) electrons. The Balaban J connectivity index is 1.12. The van der Waals surface area contributed by atoms with Crippen LogP contribution < -0.4 is 30.1 Å². The van der Waals surface area contributed by atoms with E-state index < -0.39 is 168 Å². The molecule has 0 saturated carbocycles. The average molecular weight is 1180 g/mol. The minimum atomic E-state index is -6.36. The first-order valence-electron chi connectivity index (χ1n) is 41.0. The van der Waals surface area contributed by atoms with Crippen LogP contribution in [0.2, 0.25) is 0 Å². The van der Waals surface area contributed by atoms with Gasteiger partial charge in [-0.3, -0.25) is 13.7 Å². The van der Waals surface area contributed by atoms with Crippen LogP contribution in [0.5, 0.6) is 11.5 Å². The predicted octanol–water partition coefficient (Wildman–Crippen LogP) is 17.6. The lowest BCUT2D eigenvalue weighted by Crippen LogP contribution is -2.74. The molecular formula is C82H70N4OSi. The van der Waals surface area contributed by atoms with E-state index in [0.29, 0.717) is 34.1 Å². The molecule has 11 aromatic carbocycles. The van der Waals surface area contributed by atoms with Crippen LogP contribution in [0.15, 0.2) is 279 Å². The average Bonchev–Trinajstić information content (AvgIpc) is 1.27. The van der Waals surface area contributed by atoms with Crippen LogP contribution in [0.25, 0.3) is 83.4 Å². The molecule has 5 nitrogen and oxygen atoms in total. The zero-order chi connectivity index (χ0) is 81.8. The zero-order valence-electron chi connectivity index (χ0n) is 73.8. The standard InChI is InChI=1S/C82H70N4OSi/c1-56-25-20-26-57(2)79(56)60-43-46-75-77(51-60)84(63-30-23-31-64(53-63)87-65-44-45-73-72-39-18-19-42-74(72)86(76(73)54-65)78-52-62(47-48-83-78)82(6,7)8)55-85(75)80-70(58-27-21-29-61(49-58)81(3,4)5)40-24-41-71(80)59-28-22-38-69(50-59)88(66-32-12-9-13-33-66,67-34-14-10-15-35-67)68-36-16-11-17-37-68/h9-54H,1-8H3/i1D3,2D3,9D,10D,11D,12D,13D,14D,15D,16D,17D,22D,28D,32D,33D,34D,35D,36D,37D,38D,50D. The number of fused-ring (bicyclic) bond motifs is 4. The maximum Gasteiger partial charge on any atom is 0.269 e. The van der Waals surface area contributed by atoms with Crippen molar-refractivity contribution in [3.8, 4) is 62.1 Å². The van der Waals surface area contributed by atoms with Crippen molar-refractivity contribution >= 4 is 61.7 Å². The summed E-state index contributed by atoms with van der Waals surface area (Å²) >= 11 is 0. The van der Waals surface area contributed by atoms with Crippen molar-refractivity contribution < 1.29 is 43.6 Å². The van der Waals surface area contributed by atoms with Crippen molar-refractivity contribution in [2.45, 2.75) is 66.1 Å². The molecule has 0 N–H and O–H groups in total. The van der Waals surface area contributed by atoms with Gasteiger partial charge in [0.1, 0.15) is 17.3 Å². The van der Waals surface area contributed by atoms with Gasteiger partial charge in [-0.25, -0.2) is 4.98 Å². The lowest BCUT2D eigenvalue weighted by molar-refractivity contribution is -0.571. The second-order valence-electron chi connectivity index (χ2n) is 23.5. The van der Waals surface area contributed by atoms with Crippen molar-refractivity contribution in [3.05, 3.63) is 307 Å². The number of aryl methyl sites for hydroxylation is 2. The first-order chi connectivity index (χ1) is 53.0. The van der Waals surface area contributed by atoms with E-state index in [-0.39, 0.29) is 50.0 Å². The van der Waals surface area contributed by atoms with Gasteiger partial charge in [0.25, 0.3) is 6.33 Å². The van der Waals surface area contributed by atoms with Gasteiger partial charge >= 0.3 is 0 Å². The third-order valence-electron chi connectivity index (χ3n) is 16.0. The predicted molar refractivity (Wildman–Crippen MR) is 369 cm³/mol. The molecule has 14 rings (SSSR count). The van der Waals surface area contributed by atoms with Gasteiger partial charge in [-0.15, -0.1) is 0 Å². The highest BCUT2D eigenvalue weighted by Gasteiger charge is 2.41. The van der Waals surface area contributed by atoms with E-state index >= 15 is 0 Å². The number of hydrogen-bond donors (Lipinski definition) is 0. The van der Waals surface area contributed by atoms with E-state index in [1.807, 2.05) is 87.5 Å². The van der Waals surface area contributed by atoms with E-state index in [9.17, 15) is 21.9 Å². The summed E-state index contributed by atoms with van der Waals surface area (Å²) in [5, 5.41) is -2.14. The lowest BCUT2D eigenvalue weighted by atomic mass is 9.85. The van der Waals surface area contributed by atoms with Gasteiger partial charge in [-0.05, 0) is 156 Å². The normalized spacial score (nSPS) is 16.4. The molecule has 14 aromatic rings. The van der Waals surface area contributed by atoms with E-state index in [2.05, 4.69) is 37.7 Å². The highest BCUT2D eigenvalue weighted by molar-refractivity contribution is 7.19. The number of rotatable bonds is 12. The summed E-state index contributed by atoms with van der Waals surface area (Å²) < 4.78 is 248. The number of ether oxygens (including phenoxy) is 1. The Kier molecular flexibility index (Phi) is 8.68. The van der Waals surface area contributed by atoms with E-state index in [1.54, 1.807) is 69.9 Å². The molecule has 88 heavy (non-hydrogen) atoms. The molecule has 0 fully saturated rings. The van der Waals surface area contributed by atoms with E-state index in [0.717, 1.165) is 32.9 Å². The fourth-order valence-corrected chi connectivity index (χ4v) is 15.2. The molecule has 0 amide bonds. The minimum absolute atomic E-state index is 0.0329. The maximum absolute atomic E-state index is 11.0. The molecule has 6 heteroatoms. The number of aromatic nitrogens is 4. The monoisotopic (exact) mass is 1180 g/mol. The van der Waals surface area contributed by atoms with Crippen LogP contribution in [0, 0.1) is 20.0 Å². The van der Waals surface area contributed by atoms with E-state index in [1.165, 1.54) is 30.3 Å². The third-order valence-corrected chi connectivity index (χ3v) is 20.0. The fraction of sp³-hybridized carbons (Fsp3) is 0.122. The molecule has 0 bridgehead atoms. The van der Waals surface area contributed by atoms with Crippen LogP contribution in [0.3, 0.4) is 0 Å². The Morgan fingerprint density at radius 3 is 1.80 bits per heavy atom. The number of hydrogen-bond acceptors (Lipinski definition) is 2. The second kappa shape index (κ2) is 22.3. The summed E-state index contributed by atoms with van der Waals surface area (Å²) in [7, 11) is -6.36. The Labute approximate surface area is 553 Å². The van der Waals surface area contributed by atoms with Crippen LogP contribution >= 0.6 is 0 Å². The molecular weight excluding hydrogens is 1090 g/mol. The molecule has 0 saturated heterocycles. The molecule has 0 aliphatic carbocycles. The first kappa shape index (κ1) is 34.3. The van der Waals surface area contributed by atoms with Gasteiger partial charge in [-0.2, -0.15) is 0 Å². The van der Waals surface area contributed by atoms with E-state index in [4.69, 9.17) is 22.1 Å². The van der Waals surface area contributed by atoms with Gasteiger partial charge in [0.2, 0.25) is 0 Å². The smallest absolute Gasteiger partial charge is 0.269 e. The van der Waals surface area contributed by atoms with Gasteiger partial charge in [-0.1, -0.05) is 253 Å². The van der Waals surface area contributed by atoms with Gasteiger partial charge in [0.05, 0.1) is 59.5 Å². The number of nitrogens with zero attached hydrogens (tertiary/aromatic N) is 4. The fourth-order valence-electron chi connectivity index (χ4n) is 11.7. The summed E-state index contributed by atoms with van der Waals surface area (Å²) in [5.74, 6) is 1.39. The van der Waals surface area contributed by atoms with Crippen molar-refractivity contribution in [1.29, 1.82) is 0 Å². The highest BCUT2D eigenvalue weighted by atomic mass is 28.3. The first-order valence-corrected chi connectivity index (χ1v) is 30.5. The molecule has 428 valence electrons. The molecule has 0 unspecified atom stereocenters. The summed E-state index contributed by atoms with van der Waals surface area (Å²) in [5.41, 5.74) is 3.14. The Morgan fingerprint density at radius 2 is 1.10 bits per heavy atom. The van der Waals surface area contributed by atoms with Gasteiger partial charge in [0, 0.05) is 31.3 Å². The number of para-hydroxylation sites is 2. The topological polar surface area (TPSA) is 35.9 Å². The summed E-state index contributed by atoms with van der Waals surface area (Å²) in [6, 6.07) is 24.7. The largest absolute Gasteiger partial charge is 0.458 e. The molecule has 0 aliphatic heterocycles. The maximum atomic E-state index is 11.0. The number of benzene rings is 11. The van der Waals surface area contributed by atoms with Crippen molar-refractivity contribution in [1.82, 2.24) is 14.1 Å². The molecule has 3 heterocycles. The van der Waals surface area contributed by atoms with Crippen LogP contribution in [0.1, 0.15) is 98.1 Å². The van der Waals surface area contributed by atoms with Crippen molar-refractivity contribution in [2.24, 2.45) is 0 Å². The van der Waals surface area contributed by atoms with Crippen molar-refractivity contribution in [2.75, 3.05) is 0 Å². The number of pyridine rings is 1. The number of imidazole rings is 1. The summed E-state index contributed by atoms with van der Waals surface area (Å²) in [6.45, 7) is 6.62. The molecule has 0 aliphatic rings. The Morgan fingerprint density at radius 1 is 0.489 bits per heavy atom. The second-order valence-corrected chi connectivity index (χ2v) is 27.0. The molecule has 3 aromatic heterocycles. The van der Waals surface area contributed by atoms with Crippen LogP contribution in [-0.4, -0.2) is 22.2 Å². The minimum Gasteiger partial charge on any atom is -0.458 e. The van der Waals surface area contributed by atoms with Gasteiger partial charge in [0.15, 0.2) is 8.07 Å².